The summed E-state index contributed by atoms with van der Waals surface area (Å²) in [7, 11) is 0. The van der Waals surface area contributed by atoms with Crippen LogP contribution < -0.4 is 4.90 Å². The van der Waals surface area contributed by atoms with E-state index in [-0.39, 0.29) is 25.1 Å². The molecule has 198 valence electrons. The van der Waals surface area contributed by atoms with Crippen LogP contribution >= 0.6 is 0 Å². The number of ether oxygens (including phenoxy) is 1. The number of halogens is 5. The number of nitrogens with zero attached hydrogens (tertiary/aromatic N) is 2. The highest BCUT2D eigenvalue weighted by atomic mass is 19.4. The molecule has 0 atom stereocenters. The van der Waals surface area contributed by atoms with Gasteiger partial charge in [0.25, 0.3) is 5.92 Å². The van der Waals surface area contributed by atoms with Crippen LogP contribution in [0.5, 0.6) is 0 Å². The van der Waals surface area contributed by atoms with Crippen LogP contribution in [-0.2, 0) is 34.3 Å². The van der Waals surface area contributed by atoms with Crippen LogP contribution in [0.2, 0.25) is 0 Å². The Labute approximate surface area is 209 Å². The number of fused-ring (bicyclic) bond motifs is 1. The number of alkyl halides is 5. The van der Waals surface area contributed by atoms with Gasteiger partial charge in [0.2, 0.25) is 0 Å². The van der Waals surface area contributed by atoms with Gasteiger partial charge >= 0.3 is 12.1 Å². The zero-order valence-electron chi connectivity index (χ0n) is 19.9. The van der Waals surface area contributed by atoms with Gasteiger partial charge in [0, 0.05) is 36.3 Å². The smallest absolute Gasteiger partial charge is 0.419 e. The molecule has 2 aromatic heterocycles. The van der Waals surface area contributed by atoms with E-state index in [4.69, 9.17) is 4.74 Å². The minimum absolute atomic E-state index is 0.140. The number of carbonyl (C=O) groups is 1. The Morgan fingerprint density at radius 1 is 1.19 bits per heavy atom. The molecule has 2 fully saturated rings. The summed E-state index contributed by atoms with van der Waals surface area (Å²) in [4.78, 5) is 19.3. The summed E-state index contributed by atoms with van der Waals surface area (Å²) < 4.78 is 75.3. The molecule has 3 aromatic rings. The van der Waals surface area contributed by atoms with Gasteiger partial charge < -0.3 is 19.7 Å². The fourth-order valence-electron chi connectivity index (χ4n) is 5.52. The number of para-hydroxylation sites is 1. The maximum atomic E-state index is 13.9. The number of aromatic nitrogens is 2. The first kappa shape index (κ1) is 25.4. The van der Waals surface area contributed by atoms with E-state index in [0.717, 1.165) is 40.3 Å². The van der Waals surface area contributed by atoms with Gasteiger partial charge in [-0.05, 0) is 30.0 Å². The van der Waals surface area contributed by atoms with Crippen molar-refractivity contribution >= 4 is 22.7 Å². The van der Waals surface area contributed by atoms with Crippen LogP contribution in [0.1, 0.15) is 54.4 Å². The number of pyridine rings is 1. The Bertz CT molecular complexity index is 1310. The number of rotatable bonds is 7. The first-order valence-electron chi connectivity index (χ1n) is 12.1. The summed E-state index contributed by atoms with van der Waals surface area (Å²) in [5.41, 5.74) is 0.590. The van der Waals surface area contributed by atoms with Gasteiger partial charge in [-0.2, -0.15) is 13.2 Å². The maximum Gasteiger partial charge on any atom is 0.419 e. The molecule has 3 heterocycles. The zero-order valence-corrected chi connectivity index (χ0v) is 19.9. The van der Waals surface area contributed by atoms with Crippen LogP contribution in [-0.4, -0.2) is 40.1 Å². The van der Waals surface area contributed by atoms with Crippen molar-refractivity contribution in [1.82, 2.24) is 9.97 Å². The number of aliphatic carboxylic acids is 1. The highest BCUT2D eigenvalue weighted by Gasteiger charge is 2.43. The first-order chi connectivity index (χ1) is 17.5. The molecule has 0 amide bonds. The van der Waals surface area contributed by atoms with Crippen LogP contribution in [0.15, 0.2) is 36.7 Å². The summed E-state index contributed by atoms with van der Waals surface area (Å²) in [6.45, 7) is -1.15. The number of aromatic amines is 1. The second-order valence-corrected chi connectivity index (χ2v) is 9.84. The van der Waals surface area contributed by atoms with Gasteiger partial charge in [-0.15, -0.1) is 0 Å². The van der Waals surface area contributed by atoms with E-state index < -0.39 is 48.0 Å². The zero-order chi connectivity index (χ0) is 26.4. The number of H-pyrrole nitrogens is 1. The van der Waals surface area contributed by atoms with Crippen molar-refractivity contribution in [3.63, 3.8) is 0 Å². The molecule has 0 unspecified atom stereocenters. The molecule has 0 radical (unpaired) electrons. The van der Waals surface area contributed by atoms with Crippen LogP contribution in [0, 0.1) is 0 Å². The lowest BCUT2D eigenvalue weighted by molar-refractivity contribution is -0.138. The molecule has 5 rings (SSSR count). The van der Waals surface area contributed by atoms with Crippen molar-refractivity contribution in [1.29, 1.82) is 0 Å². The van der Waals surface area contributed by atoms with Crippen LogP contribution in [0.25, 0.3) is 10.9 Å². The lowest BCUT2D eigenvalue weighted by Gasteiger charge is -2.31. The highest BCUT2D eigenvalue weighted by molar-refractivity contribution is 5.89. The fraction of sp³-hybridized carbons (Fsp3) is 0.462. The normalized spacial score (nSPS) is 19.1. The molecule has 11 heteroatoms. The van der Waals surface area contributed by atoms with E-state index >= 15 is 0 Å². The highest BCUT2D eigenvalue weighted by Crippen LogP contribution is 2.46. The standard InChI is InChI=1S/C26H26F5N3O3/c27-25(28)8-9-34(15-25)23-20(26(29,30)31)10-16(12-33-23)14-37-24(6-1-2-7-24)19-5-3-4-18-17(11-21(35)36)13-32-22(18)19/h3-5,10,12-13,32H,1-2,6-9,11,14-15H2,(H,35,36). The molecule has 0 spiro atoms. The second-order valence-electron chi connectivity index (χ2n) is 9.84. The number of hydrogen-bond acceptors (Lipinski definition) is 4. The van der Waals surface area contributed by atoms with Gasteiger partial charge in [0.05, 0.1) is 36.3 Å². The van der Waals surface area contributed by atoms with Crippen molar-refractivity contribution in [2.75, 3.05) is 18.0 Å². The molecule has 1 saturated heterocycles. The van der Waals surface area contributed by atoms with Crippen molar-refractivity contribution in [3.05, 3.63) is 58.9 Å². The van der Waals surface area contributed by atoms with Crippen molar-refractivity contribution < 1.29 is 36.6 Å². The van der Waals surface area contributed by atoms with E-state index in [1.54, 1.807) is 6.20 Å². The quantitative estimate of drug-likeness (QED) is 0.369. The number of carboxylic acid groups (broad SMARTS) is 1. The maximum absolute atomic E-state index is 13.9. The minimum Gasteiger partial charge on any atom is -0.481 e. The Balaban J connectivity index is 1.44. The summed E-state index contributed by atoms with van der Waals surface area (Å²) in [6, 6.07) is 6.48. The van der Waals surface area contributed by atoms with Gasteiger partial charge in [-0.3, -0.25) is 4.79 Å². The summed E-state index contributed by atoms with van der Waals surface area (Å²) in [5.74, 6) is -4.50. The predicted molar refractivity (Wildman–Crippen MR) is 126 cm³/mol. The van der Waals surface area contributed by atoms with Gasteiger partial charge in [-0.1, -0.05) is 31.0 Å². The van der Waals surface area contributed by atoms with Crippen LogP contribution in [0.4, 0.5) is 27.8 Å². The molecule has 1 aromatic carbocycles. The number of benzene rings is 1. The lowest BCUT2D eigenvalue weighted by Crippen LogP contribution is -2.28. The van der Waals surface area contributed by atoms with Crippen molar-refractivity contribution in [2.24, 2.45) is 0 Å². The van der Waals surface area contributed by atoms with E-state index in [2.05, 4.69) is 9.97 Å². The monoisotopic (exact) mass is 523 g/mol. The summed E-state index contributed by atoms with van der Waals surface area (Å²) >= 11 is 0. The van der Waals surface area contributed by atoms with E-state index in [1.165, 1.54) is 6.20 Å². The SMILES string of the molecule is O=C(O)Cc1c[nH]c2c(C3(OCc4cnc(N5CCC(F)(F)C5)c(C(F)(F)F)c4)CCCC3)cccc12. The Morgan fingerprint density at radius 2 is 1.95 bits per heavy atom. The molecule has 0 bridgehead atoms. The molecule has 1 aliphatic heterocycles. The molecule has 2 aliphatic rings. The third kappa shape index (κ3) is 5.01. The number of carboxylic acids is 1. The number of hydrogen-bond donors (Lipinski definition) is 2. The molecule has 37 heavy (non-hydrogen) atoms. The topological polar surface area (TPSA) is 78.4 Å². The Morgan fingerprint density at radius 3 is 2.59 bits per heavy atom. The lowest BCUT2D eigenvalue weighted by atomic mass is 9.89. The van der Waals surface area contributed by atoms with E-state index in [0.29, 0.717) is 18.4 Å². The molecular weight excluding hydrogens is 497 g/mol. The third-order valence-electron chi connectivity index (χ3n) is 7.26. The van der Waals surface area contributed by atoms with Gasteiger partial charge in [-0.25, -0.2) is 13.8 Å². The molecule has 2 N–H and O–H groups in total. The average molecular weight is 524 g/mol. The average Bonchev–Trinajstić information content (AvgIpc) is 3.56. The summed E-state index contributed by atoms with van der Waals surface area (Å²) in [5, 5.41) is 9.98. The number of nitrogens with one attached hydrogen (secondary N) is 1. The minimum atomic E-state index is -4.77. The first-order valence-corrected chi connectivity index (χ1v) is 12.1. The fourth-order valence-corrected chi connectivity index (χ4v) is 5.52. The van der Waals surface area contributed by atoms with E-state index in [1.807, 2.05) is 18.2 Å². The van der Waals surface area contributed by atoms with Gasteiger partial charge in [0.15, 0.2) is 0 Å². The van der Waals surface area contributed by atoms with Gasteiger partial charge in [0.1, 0.15) is 5.82 Å². The Hall–Kier alpha value is -3.21. The predicted octanol–water partition coefficient (Wildman–Crippen LogP) is 6.04. The molecule has 6 nitrogen and oxygen atoms in total. The van der Waals surface area contributed by atoms with Crippen molar-refractivity contribution in [2.45, 2.75) is 62.8 Å². The number of anilines is 1. The Kier molecular flexibility index (Phi) is 6.37. The molecule has 1 saturated carbocycles. The largest absolute Gasteiger partial charge is 0.481 e. The summed E-state index contributed by atoms with van der Waals surface area (Å²) in [6.07, 6.45) is 0.531. The third-order valence-corrected chi connectivity index (χ3v) is 7.26. The van der Waals surface area contributed by atoms with E-state index in [9.17, 15) is 31.9 Å². The second kappa shape index (κ2) is 9.27. The molecular formula is C26H26F5N3O3. The van der Waals surface area contributed by atoms with Crippen LogP contribution in [0.3, 0.4) is 0 Å². The van der Waals surface area contributed by atoms with Crippen molar-refractivity contribution in [3.8, 4) is 0 Å². The molecule has 1 aliphatic carbocycles.